The van der Waals surface area contributed by atoms with Crippen molar-refractivity contribution in [3.8, 4) is 11.6 Å². The highest BCUT2D eigenvalue weighted by atomic mass is 32.2. The number of nitrogens with one attached hydrogen (secondary N) is 1. The molecule has 1 aromatic heterocycles. The topological polar surface area (TPSA) is 98.2 Å². The fourth-order valence-corrected chi connectivity index (χ4v) is 3.74. The number of carbonyl (C=O) groups is 1. The minimum atomic E-state index is -3.31. The molecule has 7 nitrogen and oxygen atoms in total. The number of hydrogen-bond donors (Lipinski definition) is 1. The van der Waals surface area contributed by atoms with Gasteiger partial charge in [-0.25, -0.2) is 17.8 Å². The molecule has 1 aromatic carbocycles. The number of rotatable bonds is 7. The fourth-order valence-electron chi connectivity index (χ4n) is 3.22. The lowest BCUT2D eigenvalue weighted by Crippen LogP contribution is -2.32. The second kappa shape index (κ2) is 9.34. The lowest BCUT2D eigenvalue weighted by atomic mass is 10.1. The molecule has 30 heavy (non-hydrogen) atoms. The predicted molar refractivity (Wildman–Crippen MR) is 111 cm³/mol. The molecule has 0 radical (unpaired) electrons. The van der Waals surface area contributed by atoms with Crippen LogP contribution < -0.4 is 10.1 Å². The van der Waals surface area contributed by atoms with Crippen molar-refractivity contribution in [3.05, 3.63) is 59.2 Å². The maximum atomic E-state index is 14.1. The van der Waals surface area contributed by atoms with Crippen LogP contribution in [-0.4, -0.2) is 36.6 Å². The van der Waals surface area contributed by atoms with E-state index in [-0.39, 0.29) is 23.1 Å². The Balaban J connectivity index is 1.89. The summed E-state index contributed by atoms with van der Waals surface area (Å²) in [7, 11) is -3.31. The maximum absolute atomic E-state index is 14.1. The number of sulfone groups is 1. The Labute approximate surface area is 175 Å². The van der Waals surface area contributed by atoms with Gasteiger partial charge in [-0.05, 0) is 31.9 Å². The first kappa shape index (κ1) is 21.9. The van der Waals surface area contributed by atoms with Crippen molar-refractivity contribution in [2.45, 2.75) is 44.6 Å². The average Bonchev–Trinajstić information content (AvgIpc) is 3.22. The molecule has 2 aromatic rings. The zero-order chi connectivity index (χ0) is 21.7. The van der Waals surface area contributed by atoms with Crippen LogP contribution in [0.2, 0.25) is 0 Å². The number of ether oxygens (including phenoxy) is 1. The molecular formula is C21H24FN3O4S. The highest BCUT2D eigenvalue weighted by Crippen LogP contribution is 2.34. The molecule has 0 bridgehead atoms. The zero-order valence-electron chi connectivity index (χ0n) is 16.8. The van der Waals surface area contributed by atoms with Crippen molar-refractivity contribution < 1.29 is 22.3 Å². The molecule has 1 heterocycles. The SMILES string of the molecule is CC(C=CS(C)(=O)=O)NC(=O)c1cnc(C2CCCC2)nc1Oc1ccccc1F. The second-order valence-electron chi connectivity index (χ2n) is 7.38. The first-order valence-electron chi connectivity index (χ1n) is 9.71. The highest BCUT2D eigenvalue weighted by molar-refractivity contribution is 7.93. The largest absolute Gasteiger partial charge is 0.435 e. The summed E-state index contributed by atoms with van der Waals surface area (Å²) in [5, 5.41) is 3.68. The molecule has 9 heteroatoms. The molecule has 1 atom stereocenters. The third-order valence-corrected chi connectivity index (χ3v) is 5.41. The molecule has 3 rings (SSSR count). The summed E-state index contributed by atoms with van der Waals surface area (Å²) in [5.41, 5.74) is 0.0413. The van der Waals surface area contributed by atoms with Gasteiger partial charge in [0.1, 0.15) is 11.4 Å². The monoisotopic (exact) mass is 433 g/mol. The molecule has 1 fully saturated rings. The number of hydrogen-bond acceptors (Lipinski definition) is 6. The molecule has 1 saturated carbocycles. The Bertz CT molecular complexity index is 1050. The van der Waals surface area contributed by atoms with Crippen molar-refractivity contribution >= 4 is 15.7 Å². The van der Waals surface area contributed by atoms with Crippen molar-refractivity contribution in [2.24, 2.45) is 0 Å². The Morgan fingerprint density at radius 2 is 2.00 bits per heavy atom. The molecule has 160 valence electrons. The van der Waals surface area contributed by atoms with E-state index >= 15 is 0 Å². The smallest absolute Gasteiger partial charge is 0.258 e. The van der Waals surface area contributed by atoms with Crippen molar-refractivity contribution in [3.63, 3.8) is 0 Å². The van der Waals surface area contributed by atoms with Gasteiger partial charge in [-0.15, -0.1) is 0 Å². The van der Waals surface area contributed by atoms with E-state index in [9.17, 15) is 17.6 Å². The van der Waals surface area contributed by atoms with Crippen LogP contribution in [0.25, 0.3) is 0 Å². The van der Waals surface area contributed by atoms with Crippen LogP contribution in [0.4, 0.5) is 4.39 Å². The number of halogens is 1. The van der Waals surface area contributed by atoms with Crippen LogP contribution >= 0.6 is 0 Å². The summed E-state index contributed by atoms with van der Waals surface area (Å²) in [6.07, 6.45) is 7.88. The lowest BCUT2D eigenvalue weighted by Gasteiger charge is -2.15. The normalized spacial score (nSPS) is 16.0. The predicted octanol–water partition coefficient (Wildman–Crippen LogP) is 3.74. The van der Waals surface area contributed by atoms with Crippen molar-refractivity contribution in [1.29, 1.82) is 0 Å². The van der Waals surface area contributed by atoms with Crippen LogP contribution in [0.3, 0.4) is 0 Å². The third kappa shape index (κ3) is 5.85. The summed E-state index contributed by atoms with van der Waals surface area (Å²) >= 11 is 0. The molecule has 0 saturated heterocycles. The summed E-state index contributed by atoms with van der Waals surface area (Å²) in [4.78, 5) is 21.5. The third-order valence-electron chi connectivity index (χ3n) is 4.75. The van der Waals surface area contributed by atoms with Crippen LogP contribution in [-0.2, 0) is 9.84 Å². The summed E-state index contributed by atoms with van der Waals surface area (Å²) < 4.78 is 42.3. The van der Waals surface area contributed by atoms with E-state index < -0.39 is 27.6 Å². The van der Waals surface area contributed by atoms with Crippen LogP contribution in [0, 0.1) is 5.82 Å². The van der Waals surface area contributed by atoms with Gasteiger partial charge in [0.05, 0.1) is 0 Å². The van der Waals surface area contributed by atoms with E-state index in [2.05, 4.69) is 15.3 Å². The number of para-hydroxylation sites is 1. The van der Waals surface area contributed by atoms with E-state index in [0.717, 1.165) is 37.3 Å². The second-order valence-corrected chi connectivity index (χ2v) is 9.31. The van der Waals surface area contributed by atoms with Crippen LogP contribution in [0.15, 0.2) is 41.9 Å². The average molecular weight is 434 g/mol. The van der Waals surface area contributed by atoms with Gasteiger partial charge >= 0.3 is 0 Å². The van der Waals surface area contributed by atoms with E-state index in [1.54, 1.807) is 13.0 Å². The molecule has 1 amide bonds. The number of amides is 1. The Kier molecular flexibility index (Phi) is 6.81. The van der Waals surface area contributed by atoms with E-state index in [4.69, 9.17) is 4.74 Å². The van der Waals surface area contributed by atoms with Gasteiger partial charge in [0.15, 0.2) is 21.4 Å². The van der Waals surface area contributed by atoms with Gasteiger partial charge in [-0.3, -0.25) is 4.79 Å². The van der Waals surface area contributed by atoms with Gasteiger partial charge in [0, 0.05) is 29.8 Å². The first-order chi connectivity index (χ1) is 14.2. The van der Waals surface area contributed by atoms with E-state index in [0.29, 0.717) is 5.82 Å². The minimum absolute atomic E-state index is 0.0335. The molecule has 1 aliphatic rings. The standard InChI is InChI=1S/C21H24FN3O4S/c1-14(11-12-30(2,27)28)24-20(26)16-13-23-19(15-7-3-4-8-15)25-21(16)29-18-10-6-5-9-17(18)22/h5-6,9-15H,3-4,7-8H2,1-2H3,(H,24,26). The molecule has 1 aliphatic carbocycles. The number of nitrogens with zero attached hydrogens (tertiary/aromatic N) is 2. The zero-order valence-corrected chi connectivity index (χ0v) is 17.7. The van der Waals surface area contributed by atoms with Gasteiger partial charge in [-0.2, -0.15) is 4.98 Å². The Morgan fingerprint density at radius 3 is 2.67 bits per heavy atom. The summed E-state index contributed by atoms with van der Waals surface area (Å²) in [5.74, 6) is -0.456. The van der Waals surface area contributed by atoms with Crippen LogP contribution in [0.1, 0.15) is 54.7 Å². The first-order valence-corrected chi connectivity index (χ1v) is 11.7. The lowest BCUT2D eigenvalue weighted by molar-refractivity contribution is 0.0943. The van der Waals surface area contributed by atoms with E-state index in [1.807, 2.05) is 0 Å². The van der Waals surface area contributed by atoms with Gasteiger partial charge in [-0.1, -0.05) is 31.1 Å². The van der Waals surface area contributed by atoms with Gasteiger partial charge in [0.25, 0.3) is 5.91 Å². The van der Waals surface area contributed by atoms with Gasteiger partial charge < -0.3 is 10.1 Å². The summed E-state index contributed by atoms with van der Waals surface area (Å²) in [6.45, 7) is 1.63. The Morgan fingerprint density at radius 1 is 1.30 bits per heavy atom. The minimum Gasteiger partial charge on any atom is -0.435 e. The van der Waals surface area contributed by atoms with Gasteiger partial charge in [0.2, 0.25) is 5.88 Å². The quantitative estimate of drug-likeness (QED) is 0.714. The van der Waals surface area contributed by atoms with E-state index in [1.165, 1.54) is 30.5 Å². The fraction of sp³-hybridized carbons (Fsp3) is 0.381. The van der Waals surface area contributed by atoms with Crippen molar-refractivity contribution in [1.82, 2.24) is 15.3 Å². The molecular weight excluding hydrogens is 409 g/mol. The molecule has 1 N–H and O–H groups in total. The maximum Gasteiger partial charge on any atom is 0.258 e. The molecule has 0 spiro atoms. The number of benzene rings is 1. The van der Waals surface area contributed by atoms with Crippen molar-refractivity contribution in [2.75, 3.05) is 6.26 Å². The number of aromatic nitrogens is 2. The van der Waals surface area contributed by atoms with Crippen LogP contribution in [0.5, 0.6) is 11.6 Å². The number of carbonyl (C=O) groups excluding carboxylic acids is 1. The Hall–Kier alpha value is -2.81. The summed E-state index contributed by atoms with van der Waals surface area (Å²) in [6, 6.07) is 5.30. The highest BCUT2D eigenvalue weighted by Gasteiger charge is 2.24. The molecule has 0 aliphatic heterocycles. The molecule has 1 unspecified atom stereocenters.